The maximum atomic E-state index is 12.2. The van der Waals surface area contributed by atoms with E-state index in [4.69, 9.17) is 18.9 Å². The highest BCUT2D eigenvalue weighted by Crippen LogP contribution is 2.38. The van der Waals surface area contributed by atoms with Gasteiger partial charge in [-0.1, -0.05) is 0 Å². The lowest BCUT2D eigenvalue weighted by Crippen LogP contribution is -2.07. The van der Waals surface area contributed by atoms with Crippen LogP contribution in [0.25, 0.3) is 6.08 Å². The average molecular weight is 446 g/mol. The summed E-state index contributed by atoms with van der Waals surface area (Å²) in [6.45, 7) is 3.87. The lowest BCUT2D eigenvalue weighted by atomic mass is 10.1. The van der Waals surface area contributed by atoms with Gasteiger partial charge in [-0.05, 0) is 77.8 Å². The third-order valence-corrected chi connectivity index (χ3v) is 4.46. The number of cyclic esters (lactones) is 1. The van der Waals surface area contributed by atoms with Crippen molar-refractivity contribution in [1.29, 1.82) is 0 Å². The summed E-state index contributed by atoms with van der Waals surface area (Å²) in [7, 11) is 3.16. The van der Waals surface area contributed by atoms with E-state index < -0.39 is 5.97 Å². The fourth-order valence-electron chi connectivity index (χ4n) is 2.60. The minimum Gasteiger partial charge on any atom is -0.497 e. The van der Waals surface area contributed by atoms with Crippen LogP contribution in [-0.4, -0.2) is 32.2 Å². The third-order valence-electron chi connectivity index (χ3n) is 3.87. The molecule has 0 unspecified atom stereocenters. The number of hydrogen-bond acceptors (Lipinski definition) is 6. The summed E-state index contributed by atoms with van der Waals surface area (Å²) in [6, 6.07) is 10.7. The van der Waals surface area contributed by atoms with Gasteiger partial charge < -0.3 is 18.9 Å². The monoisotopic (exact) mass is 445 g/mol. The molecule has 6 nitrogen and oxygen atoms in total. The van der Waals surface area contributed by atoms with Gasteiger partial charge in [0.15, 0.2) is 17.2 Å². The largest absolute Gasteiger partial charge is 0.497 e. The average Bonchev–Trinajstić information content (AvgIpc) is 3.04. The van der Waals surface area contributed by atoms with Gasteiger partial charge >= 0.3 is 5.97 Å². The first kappa shape index (κ1) is 19.9. The number of benzene rings is 2. The van der Waals surface area contributed by atoms with E-state index in [0.29, 0.717) is 22.8 Å². The molecule has 0 bridgehead atoms. The summed E-state index contributed by atoms with van der Waals surface area (Å²) in [4.78, 5) is 16.6. The Kier molecular flexibility index (Phi) is 6.04. The Bertz CT molecular complexity index is 948. The number of aliphatic imine (C=N–C) groups is 1. The van der Waals surface area contributed by atoms with Crippen LogP contribution in [0, 0.1) is 0 Å². The minimum absolute atomic E-state index is 0.00382. The number of carbonyl (C=O) groups excluding carboxylic acids is 1. The van der Waals surface area contributed by atoms with Crippen LogP contribution in [0.15, 0.2) is 51.6 Å². The predicted octanol–water partition coefficient (Wildman–Crippen LogP) is 4.60. The van der Waals surface area contributed by atoms with E-state index >= 15 is 0 Å². The second kappa shape index (κ2) is 8.48. The summed E-state index contributed by atoms with van der Waals surface area (Å²) < 4.78 is 22.4. The van der Waals surface area contributed by atoms with Crippen molar-refractivity contribution in [1.82, 2.24) is 0 Å². The molecular formula is C21H20BrNO5. The van der Waals surface area contributed by atoms with E-state index in [1.807, 2.05) is 19.9 Å². The third kappa shape index (κ3) is 4.36. The van der Waals surface area contributed by atoms with Crippen LogP contribution >= 0.6 is 15.9 Å². The molecule has 0 saturated carbocycles. The molecule has 3 rings (SSSR count). The van der Waals surface area contributed by atoms with Crippen molar-refractivity contribution in [3.63, 3.8) is 0 Å². The molecule has 0 atom stereocenters. The Balaban J connectivity index is 1.92. The van der Waals surface area contributed by atoms with Crippen molar-refractivity contribution in [2.45, 2.75) is 20.0 Å². The first-order chi connectivity index (χ1) is 13.4. The summed E-state index contributed by atoms with van der Waals surface area (Å²) in [5.74, 6) is 1.62. The van der Waals surface area contributed by atoms with Crippen molar-refractivity contribution in [2.24, 2.45) is 4.99 Å². The Morgan fingerprint density at radius 2 is 1.82 bits per heavy atom. The molecule has 28 heavy (non-hydrogen) atoms. The first-order valence-corrected chi connectivity index (χ1v) is 9.41. The molecule has 146 valence electrons. The Labute approximate surface area is 171 Å². The van der Waals surface area contributed by atoms with Crippen molar-refractivity contribution >= 4 is 33.9 Å². The van der Waals surface area contributed by atoms with Crippen LogP contribution in [0.4, 0.5) is 0 Å². The summed E-state index contributed by atoms with van der Waals surface area (Å²) in [5, 5.41) is 0. The fraction of sp³-hybridized carbons (Fsp3) is 0.238. The molecule has 1 aliphatic rings. The Morgan fingerprint density at radius 1 is 1.11 bits per heavy atom. The summed E-state index contributed by atoms with van der Waals surface area (Å²) in [6.07, 6.45) is 1.64. The number of esters is 1. The van der Waals surface area contributed by atoms with Gasteiger partial charge in [-0.2, -0.15) is 0 Å². The highest BCUT2D eigenvalue weighted by atomic mass is 79.9. The second-order valence-electron chi connectivity index (χ2n) is 6.27. The normalized spacial score (nSPS) is 14.9. The zero-order chi connectivity index (χ0) is 20.3. The van der Waals surface area contributed by atoms with Crippen LogP contribution in [0.3, 0.4) is 0 Å². The molecule has 0 spiro atoms. The molecule has 2 aromatic carbocycles. The standard InChI is InChI=1S/C21H20BrNO5/c1-12(2)27-19-16(22)9-13(11-18(19)26-4)10-17-21(24)28-20(23-17)14-5-7-15(25-3)8-6-14/h5-12H,1-4H3/b17-10+. The Morgan fingerprint density at radius 3 is 2.43 bits per heavy atom. The molecule has 7 heteroatoms. The van der Waals surface area contributed by atoms with Crippen LogP contribution in [-0.2, 0) is 9.53 Å². The number of hydrogen-bond donors (Lipinski definition) is 0. The van der Waals surface area contributed by atoms with Gasteiger partial charge in [0.05, 0.1) is 24.8 Å². The smallest absolute Gasteiger partial charge is 0.363 e. The van der Waals surface area contributed by atoms with Gasteiger partial charge in [-0.15, -0.1) is 0 Å². The van der Waals surface area contributed by atoms with Gasteiger partial charge in [0.2, 0.25) is 5.90 Å². The molecule has 1 aliphatic heterocycles. The van der Waals surface area contributed by atoms with Crippen molar-refractivity contribution in [3.05, 3.63) is 57.7 Å². The van der Waals surface area contributed by atoms with Crippen LogP contribution in [0.5, 0.6) is 17.2 Å². The second-order valence-corrected chi connectivity index (χ2v) is 7.12. The van der Waals surface area contributed by atoms with Crippen LogP contribution in [0.1, 0.15) is 25.0 Å². The highest BCUT2D eigenvalue weighted by Gasteiger charge is 2.24. The van der Waals surface area contributed by atoms with E-state index in [1.165, 1.54) is 0 Å². The molecule has 0 N–H and O–H groups in total. The van der Waals surface area contributed by atoms with E-state index in [-0.39, 0.29) is 17.7 Å². The quantitative estimate of drug-likeness (QED) is 0.480. The highest BCUT2D eigenvalue weighted by molar-refractivity contribution is 9.10. The molecular weight excluding hydrogens is 426 g/mol. The van der Waals surface area contributed by atoms with Gasteiger partial charge in [0.25, 0.3) is 0 Å². The zero-order valence-corrected chi connectivity index (χ0v) is 17.6. The van der Waals surface area contributed by atoms with Gasteiger partial charge in [-0.3, -0.25) is 0 Å². The van der Waals surface area contributed by atoms with E-state index in [9.17, 15) is 4.79 Å². The molecule has 0 saturated heterocycles. The Hall–Kier alpha value is -2.80. The van der Waals surface area contributed by atoms with Gasteiger partial charge in [0, 0.05) is 5.56 Å². The van der Waals surface area contributed by atoms with Crippen molar-refractivity contribution in [2.75, 3.05) is 14.2 Å². The molecule has 0 aromatic heterocycles. The van der Waals surface area contributed by atoms with Crippen LogP contribution < -0.4 is 14.2 Å². The topological polar surface area (TPSA) is 66.3 Å². The van der Waals surface area contributed by atoms with Gasteiger partial charge in [-0.25, -0.2) is 9.79 Å². The lowest BCUT2D eigenvalue weighted by Gasteiger charge is -2.15. The molecule has 0 fully saturated rings. The minimum atomic E-state index is -0.511. The molecule has 0 amide bonds. The zero-order valence-electron chi connectivity index (χ0n) is 16.0. The van der Waals surface area contributed by atoms with E-state index in [0.717, 1.165) is 10.0 Å². The number of halogens is 1. The summed E-state index contributed by atoms with van der Waals surface area (Å²) >= 11 is 3.50. The van der Waals surface area contributed by atoms with Crippen molar-refractivity contribution < 1.29 is 23.7 Å². The van der Waals surface area contributed by atoms with E-state index in [1.54, 1.807) is 50.6 Å². The molecule has 1 heterocycles. The first-order valence-electron chi connectivity index (χ1n) is 8.62. The van der Waals surface area contributed by atoms with Gasteiger partial charge in [0.1, 0.15) is 5.75 Å². The number of nitrogens with zero attached hydrogens (tertiary/aromatic N) is 1. The number of rotatable bonds is 6. The number of methoxy groups -OCH3 is 2. The van der Waals surface area contributed by atoms with E-state index in [2.05, 4.69) is 20.9 Å². The predicted molar refractivity (Wildman–Crippen MR) is 110 cm³/mol. The molecule has 0 aliphatic carbocycles. The lowest BCUT2D eigenvalue weighted by molar-refractivity contribution is -0.129. The van der Waals surface area contributed by atoms with Crippen molar-refractivity contribution in [3.8, 4) is 17.2 Å². The fourth-order valence-corrected chi connectivity index (χ4v) is 3.15. The number of ether oxygens (including phenoxy) is 4. The van der Waals surface area contributed by atoms with Crippen LogP contribution in [0.2, 0.25) is 0 Å². The molecule has 2 aromatic rings. The SMILES string of the molecule is COc1ccc(C2=N/C(=C/c3cc(Br)c(OC(C)C)c(OC)c3)C(=O)O2)cc1. The molecule has 0 radical (unpaired) electrons. The summed E-state index contributed by atoms with van der Waals surface area (Å²) in [5.41, 5.74) is 1.63. The maximum absolute atomic E-state index is 12.2. The number of carbonyl (C=O) groups is 1. The maximum Gasteiger partial charge on any atom is 0.363 e.